The monoisotopic (exact) mass is 453 g/mol. The van der Waals surface area contributed by atoms with Crippen molar-refractivity contribution in [1.82, 2.24) is 35.0 Å². The van der Waals surface area contributed by atoms with Crippen molar-refractivity contribution in [2.75, 3.05) is 6.54 Å². The van der Waals surface area contributed by atoms with E-state index in [-0.39, 0.29) is 11.9 Å². The van der Waals surface area contributed by atoms with Crippen molar-refractivity contribution >= 4 is 16.8 Å². The molecule has 0 saturated carbocycles. The van der Waals surface area contributed by atoms with Crippen LogP contribution in [-0.2, 0) is 0 Å². The van der Waals surface area contributed by atoms with Crippen molar-refractivity contribution in [1.29, 1.82) is 0 Å². The van der Waals surface area contributed by atoms with E-state index >= 15 is 0 Å². The number of likely N-dealkylation sites (tertiary alicyclic amines) is 1. The highest BCUT2D eigenvalue weighted by molar-refractivity contribution is 5.98. The van der Waals surface area contributed by atoms with Gasteiger partial charge in [-0.3, -0.25) is 4.79 Å². The first-order chi connectivity index (χ1) is 16.6. The van der Waals surface area contributed by atoms with Crippen LogP contribution in [0.1, 0.15) is 46.3 Å². The third-order valence-corrected chi connectivity index (χ3v) is 6.41. The van der Waals surface area contributed by atoms with Gasteiger partial charge in [0.2, 0.25) is 11.7 Å². The SMILES string of the molecule is Cc1ccc(-n2nccn2)c(C(=O)N2CCCC2c2nc(-c3c[nH]c4cccc(C)c34)no2)c1. The molecule has 1 atom stereocenters. The summed E-state index contributed by atoms with van der Waals surface area (Å²) in [6, 6.07) is 11.5. The van der Waals surface area contributed by atoms with Gasteiger partial charge in [-0.25, -0.2) is 0 Å². The van der Waals surface area contributed by atoms with Crippen LogP contribution >= 0.6 is 0 Å². The van der Waals surface area contributed by atoms with E-state index in [1.807, 2.05) is 48.4 Å². The van der Waals surface area contributed by atoms with E-state index in [2.05, 4.69) is 33.3 Å². The molecule has 1 N–H and O–H groups in total. The minimum atomic E-state index is -0.279. The van der Waals surface area contributed by atoms with Crippen molar-refractivity contribution < 1.29 is 9.32 Å². The number of hydrogen-bond donors (Lipinski definition) is 1. The lowest BCUT2D eigenvalue weighted by Crippen LogP contribution is -2.31. The van der Waals surface area contributed by atoms with E-state index in [9.17, 15) is 4.79 Å². The Labute approximate surface area is 195 Å². The first-order valence-corrected chi connectivity index (χ1v) is 11.3. The van der Waals surface area contributed by atoms with Gasteiger partial charge in [0.1, 0.15) is 6.04 Å². The number of carbonyl (C=O) groups excluding carboxylic acids is 1. The molecule has 6 rings (SSSR count). The van der Waals surface area contributed by atoms with Gasteiger partial charge in [0.05, 0.1) is 23.6 Å². The molecule has 3 aromatic heterocycles. The average Bonchev–Trinajstić information content (AvgIpc) is 3.64. The Morgan fingerprint density at radius 3 is 2.85 bits per heavy atom. The third kappa shape index (κ3) is 3.28. The molecule has 9 heteroatoms. The zero-order valence-corrected chi connectivity index (χ0v) is 18.9. The zero-order chi connectivity index (χ0) is 23.2. The molecule has 1 fully saturated rings. The number of H-pyrrole nitrogens is 1. The molecule has 1 amide bonds. The number of aromatic nitrogens is 6. The molecule has 0 spiro atoms. The molecule has 1 aliphatic rings. The number of fused-ring (bicyclic) bond motifs is 1. The summed E-state index contributed by atoms with van der Waals surface area (Å²) < 4.78 is 5.70. The Hall–Kier alpha value is -4.27. The molecule has 0 bridgehead atoms. The fraction of sp³-hybridized carbons (Fsp3) is 0.240. The second kappa shape index (κ2) is 7.95. The maximum Gasteiger partial charge on any atom is 0.256 e. The van der Waals surface area contributed by atoms with Crippen LogP contribution in [0.15, 0.2) is 59.5 Å². The second-order valence-corrected chi connectivity index (χ2v) is 8.65. The number of aryl methyl sites for hydroxylation is 2. The van der Waals surface area contributed by atoms with Gasteiger partial charge in [-0.05, 0) is 50.5 Å². The normalized spacial score (nSPS) is 15.9. The smallest absolute Gasteiger partial charge is 0.256 e. The van der Waals surface area contributed by atoms with Gasteiger partial charge < -0.3 is 14.4 Å². The standard InChI is InChI=1S/C25H23N7O2/c1-15-8-9-20(32-27-10-11-28-32)17(13-15)25(33)31-12-4-7-21(31)24-29-23(30-34-24)18-14-26-19-6-3-5-16(2)22(18)19/h3,5-6,8-11,13-14,21,26H,4,7,12H2,1-2H3. The molecule has 2 aromatic carbocycles. The lowest BCUT2D eigenvalue weighted by Gasteiger charge is -2.23. The summed E-state index contributed by atoms with van der Waals surface area (Å²) in [5.74, 6) is 0.878. The maximum atomic E-state index is 13.7. The van der Waals surface area contributed by atoms with Crippen molar-refractivity contribution in [2.24, 2.45) is 0 Å². The number of benzene rings is 2. The number of carbonyl (C=O) groups is 1. The molecule has 0 aliphatic carbocycles. The molecular weight excluding hydrogens is 430 g/mol. The first kappa shape index (κ1) is 20.3. The fourth-order valence-electron chi connectivity index (χ4n) is 4.78. The zero-order valence-electron chi connectivity index (χ0n) is 18.9. The second-order valence-electron chi connectivity index (χ2n) is 8.65. The number of aromatic amines is 1. The molecule has 1 unspecified atom stereocenters. The van der Waals surface area contributed by atoms with E-state index in [4.69, 9.17) is 9.51 Å². The van der Waals surface area contributed by atoms with E-state index in [1.54, 1.807) is 12.4 Å². The number of hydrogen-bond acceptors (Lipinski definition) is 6. The molecule has 9 nitrogen and oxygen atoms in total. The number of rotatable bonds is 4. The predicted molar refractivity (Wildman–Crippen MR) is 125 cm³/mol. The summed E-state index contributed by atoms with van der Waals surface area (Å²) in [7, 11) is 0. The average molecular weight is 454 g/mol. The van der Waals surface area contributed by atoms with Gasteiger partial charge in [-0.1, -0.05) is 28.9 Å². The Morgan fingerprint density at radius 2 is 2.00 bits per heavy atom. The van der Waals surface area contributed by atoms with Gasteiger partial charge in [0, 0.05) is 29.2 Å². The van der Waals surface area contributed by atoms with E-state index in [0.717, 1.165) is 40.4 Å². The van der Waals surface area contributed by atoms with Crippen molar-refractivity contribution in [2.45, 2.75) is 32.7 Å². The molecule has 34 heavy (non-hydrogen) atoms. The summed E-state index contributed by atoms with van der Waals surface area (Å²) in [5.41, 5.74) is 5.24. The summed E-state index contributed by atoms with van der Waals surface area (Å²) >= 11 is 0. The Kier molecular flexibility index (Phi) is 4.75. The third-order valence-electron chi connectivity index (χ3n) is 6.41. The Balaban J connectivity index is 1.35. The Morgan fingerprint density at radius 1 is 1.15 bits per heavy atom. The predicted octanol–water partition coefficient (Wildman–Crippen LogP) is 4.39. The van der Waals surface area contributed by atoms with Crippen molar-refractivity contribution in [3.63, 3.8) is 0 Å². The molecule has 170 valence electrons. The first-order valence-electron chi connectivity index (χ1n) is 11.3. The maximum absolute atomic E-state index is 13.7. The van der Waals surface area contributed by atoms with Crippen LogP contribution in [0.5, 0.6) is 0 Å². The van der Waals surface area contributed by atoms with Gasteiger partial charge >= 0.3 is 0 Å². The number of nitrogens with zero attached hydrogens (tertiary/aromatic N) is 6. The summed E-state index contributed by atoms with van der Waals surface area (Å²) in [4.78, 5) is 25.0. The van der Waals surface area contributed by atoms with Gasteiger partial charge in [-0.2, -0.15) is 20.0 Å². The quantitative estimate of drug-likeness (QED) is 0.433. The topological polar surface area (TPSA) is 106 Å². The summed E-state index contributed by atoms with van der Waals surface area (Å²) in [6.07, 6.45) is 6.72. The van der Waals surface area contributed by atoms with Crippen molar-refractivity contribution in [3.8, 4) is 17.1 Å². The van der Waals surface area contributed by atoms with E-state index < -0.39 is 0 Å². The molecular formula is C25H23N7O2. The highest BCUT2D eigenvalue weighted by atomic mass is 16.5. The van der Waals surface area contributed by atoms with Crippen LogP contribution in [0.4, 0.5) is 0 Å². The minimum Gasteiger partial charge on any atom is -0.360 e. The summed E-state index contributed by atoms with van der Waals surface area (Å²) in [5, 5.41) is 13.8. The number of amides is 1. The van der Waals surface area contributed by atoms with Crippen LogP contribution < -0.4 is 0 Å². The van der Waals surface area contributed by atoms with Crippen LogP contribution in [0.3, 0.4) is 0 Å². The van der Waals surface area contributed by atoms with Crippen LogP contribution in [-0.4, -0.2) is 47.5 Å². The van der Waals surface area contributed by atoms with Gasteiger partial charge in [-0.15, -0.1) is 0 Å². The summed E-state index contributed by atoms with van der Waals surface area (Å²) in [6.45, 7) is 4.64. The fourth-order valence-corrected chi connectivity index (χ4v) is 4.78. The lowest BCUT2D eigenvalue weighted by atomic mass is 10.1. The van der Waals surface area contributed by atoms with E-state index in [1.165, 1.54) is 4.80 Å². The van der Waals surface area contributed by atoms with Crippen LogP contribution in [0.2, 0.25) is 0 Å². The molecule has 1 aliphatic heterocycles. The van der Waals surface area contributed by atoms with Gasteiger partial charge in [0.25, 0.3) is 5.91 Å². The van der Waals surface area contributed by atoms with E-state index in [0.29, 0.717) is 29.5 Å². The van der Waals surface area contributed by atoms with Crippen molar-refractivity contribution in [3.05, 3.63) is 77.6 Å². The molecule has 5 aromatic rings. The molecule has 0 radical (unpaired) electrons. The molecule has 4 heterocycles. The largest absolute Gasteiger partial charge is 0.360 e. The highest BCUT2D eigenvalue weighted by Crippen LogP contribution is 2.35. The number of nitrogens with one attached hydrogen (secondary N) is 1. The Bertz CT molecular complexity index is 1500. The van der Waals surface area contributed by atoms with Gasteiger partial charge in [0.15, 0.2) is 0 Å². The lowest BCUT2D eigenvalue weighted by molar-refractivity contribution is 0.0709. The van der Waals surface area contributed by atoms with Crippen LogP contribution in [0, 0.1) is 13.8 Å². The molecule has 1 saturated heterocycles. The van der Waals surface area contributed by atoms with Crippen LogP contribution in [0.25, 0.3) is 28.0 Å². The minimum absolute atomic E-state index is 0.0961. The highest BCUT2D eigenvalue weighted by Gasteiger charge is 2.36.